The summed E-state index contributed by atoms with van der Waals surface area (Å²) in [5, 5.41) is 2.23. The normalized spacial score (nSPS) is 16.3. The fourth-order valence-electron chi connectivity index (χ4n) is 5.45. The molecule has 0 unspecified atom stereocenters. The van der Waals surface area contributed by atoms with E-state index in [4.69, 9.17) is 25.5 Å². The minimum Gasteiger partial charge on any atom is -0.472 e. The van der Waals surface area contributed by atoms with Gasteiger partial charge in [0.05, 0.1) is 65.3 Å². The van der Waals surface area contributed by atoms with E-state index in [2.05, 4.69) is 0 Å². The Bertz CT molecular complexity index is 2130. The number of anilines is 2. The molecule has 4 heterocycles. The lowest BCUT2D eigenvalue weighted by Gasteiger charge is -2.19. The molecule has 6 rings (SSSR count). The minimum atomic E-state index is -4.54. The summed E-state index contributed by atoms with van der Waals surface area (Å²) in [6.45, 7) is 3.18. The molecule has 2 aromatic heterocycles. The first-order valence-electron chi connectivity index (χ1n) is 15.0. The van der Waals surface area contributed by atoms with Crippen LogP contribution in [0.2, 0.25) is 5.02 Å². The molecule has 0 saturated heterocycles. The quantitative estimate of drug-likeness (QED) is 0.145. The second-order valence-corrected chi connectivity index (χ2v) is 12.3. The lowest BCUT2D eigenvalue weighted by atomic mass is 10.1. The monoisotopic (exact) mass is 736 g/mol. The van der Waals surface area contributed by atoms with Crippen LogP contribution >= 0.6 is 22.9 Å². The molecule has 0 N–H and O–H groups in total. The van der Waals surface area contributed by atoms with Crippen molar-refractivity contribution in [3.63, 3.8) is 0 Å². The van der Waals surface area contributed by atoms with Crippen LogP contribution in [0.3, 0.4) is 0 Å². The van der Waals surface area contributed by atoms with E-state index < -0.39 is 29.6 Å². The molecule has 2 aliphatic rings. The number of amides is 2. The lowest BCUT2D eigenvalue weighted by molar-refractivity contribution is -0.138. The zero-order valence-corrected chi connectivity index (χ0v) is 29.0. The maximum absolute atomic E-state index is 13.0. The lowest BCUT2D eigenvalue weighted by Crippen LogP contribution is -2.24. The Balaban J connectivity index is 0.000000199. The highest BCUT2D eigenvalue weighted by Gasteiger charge is 2.40. The first kappa shape index (κ1) is 36.6. The first-order chi connectivity index (χ1) is 24.3. The molecule has 0 radical (unpaired) electrons. The SMILES string of the molecule is COC(=O)C1=C(C)N(c2cccc(C(F)(F)F)c2)C(=O)/C1=C\c1cccs1.COC(=O)C1=C(C)N(c2ccccc2Cl)C(=O)/C1=C\c1ccoc1. The van der Waals surface area contributed by atoms with E-state index >= 15 is 0 Å². The van der Waals surface area contributed by atoms with Gasteiger partial charge in [0.25, 0.3) is 11.8 Å². The fourth-order valence-corrected chi connectivity index (χ4v) is 6.33. The van der Waals surface area contributed by atoms with Crippen LogP contribution in [0.15, 0.2) is 123 Å². The highest BCUT2D eigenvalue weighted by Crippen LogP contribution is 2.40. The number of halogens is 4. The Morgan fingerprint density at radius 3 is 2.02 bits per heavy atom. The second-order valence-electron chi connectivity index (χ2n) is 10.9. The molecule has 0 spiro atoms. The molecular formula is C37H28ClF3N2O7S. The minimum absolute atomic E-state index is 0.0308. The van der Waals surface area contributed by atoms with Gasteiger partial charge in [-0.05, 0) is 73.8 Å². The molecule has 4 aromatic rings. The number of nitrogens with zero attached hydrogens (tertiary/aromatic N) is 2. The highest BCUT2D eigenvalue weighted by molar-refractivity contribution is 7.10. The van der Waals surface area contributed by atoms with Crippen molar-refractivity contribution < 1.29 is 46.2 Å². The number of allylic oxidation sites excluding steroid dienone is 2. The number of hydrogen-bond acceptors (Lipinski definition) is 8. The molecule has 0 bridgehead atoms. The van der Waals surface area contributed by atoms with Crippen molar-refractivity contribution >= 4 is 70.2 Å². The van der Waals surface area contributed by atoms with Crippen molar-refractivity contribution in [3.05, 3.63) is 139 Å². The number of hydrogen-bond donors (Lipinski definition) is 0. The summed E-state index contributed by atoms with van der Waals surface area (Å²) in [4.78, 5) is 53.6. The van der Waals surface area contributed by atoms with Crippen LogP contribution in [0.4, 0.5) is 24.5 Å². The average Bonchev–Trinajstić information content (AvgIpc) is 3.90. The van der Waals surface area contributed by atoms with Gasteiger partial charge in [-0.2, -0.15) is 13.2 Å². The van der Waals surface area contributed by atoms with E-state index in [0.717, 1.165) is 21.9 Å². The Morgan fingerprint density at radius 1 is 0.824 bits per heavy atom. The summed E-state index contributed by atoms with van der Waals surface area (Å²) in [6, 6.07) is 16.6. The summed E-state index contributed by atoms with van der Waals surface area (Å²) in [7, 11) is 2.46. The van der Waals surface area contributed by atoms with Crippen molar-refractivity contribution in [2.24, 2.45) is 0 Å². The largest absolute Gasteiger partial charge is 0.472 e. The number of furan rings is 1. The summed E-state index contributed by atoms with van der Waals surface area (Å²) in [5.74, 6) is -2.23. The van der Waals surface area contributed by atoms with E-state index in [1.165, 1.54) is 68.1 Å². The smallest absolute Gasteiger partial charge is 0.416 e. The fraction of sp³-hybridized carbons (Fsp3) is 0.135. The van der Waals surface area contributed by atoms with Crippen LogP contribution in [0, 0.1) is 0 Å². The maximum Gasteiger partial charge on any atom is 0.416 e. The molecule has 2 amide bonds. The summed E-state index contributed by atoms with van der Waals surface area (Å²) >= 11 is 7.59. The predicted molar refractivity (Wildman–Crippen MR) is 186 cm³/mol. The molecule has 0 aliphatic carbocycles. The van der Waals surface area contributed by atoms with Gasteiger partial charge in [-0.15, -0.1) is 11.3 Å². The molecule has 0 saturated carbocycles. The summed E-state index contributed by atoms with van der Waals surface area (Å²) < 4.78 is 53.7. The van der Waals surface area contributed by atoms with Crippen LogP contribution in [0.5, 0.6) is 0 Å². The van der Waals surface area contributed by atoms with Crippen molar-refractivity contribution in [1.82, 2.24) is 0 Å². The molecule has 14 heteroatoms. The Labute approximate surface area is 299 Å². The Kier molecular flexibility index (Phi) is 10.8. The number of benzene rings is 2. The highest BCUT2D eigenvalue weighted by atomic mass is 35.5. The summed E-state index contributed by atoms with van der Waals surface area (Å²) in [6.07, 6.45) is 1.57. The second kappa shape index (κ2) is 15.1. The number of esters is 2. The molecule has 0 fully saturated rings. The Morgan fingerprint density at radius 2 is 1.45 bits per heavy atom. The van der Waals surface area contributed by atoms with Crippen molar-refractivity contribution in [2.45, 2.75) is 20.0 Å². The standard InChI is InChI=1S/C19H14F3NO3S.C18H14ClNO4/c1-11-16(18(25)26-2)15(10-14-7-4-8-27-14)17(24)23(11)13-6-3-5-12(9-13)19(20,21)22;1-11-16(18(22)23-2)13(9-12-7-8-24-10-12)17(21)20(11)15-6-4-3-5-14(15)19/h3-10H,1-2H3;3-10H,1-2H3/b15-10-;13-9-. The molecule has 2 aliphatic heterocycles. The molecule has 262 valence electrons. The van der Waals surface area contributed by atoms with Gasteiger partial charge < -0.3 is 13.9 Å². The van der Waals surface area contributed by atoms with Crippen molar-refractivity contribution in [3.8, 4) is 0 Å². The van der Waals surface area contributed by atoms with Gasteiger partial charge in [0, 0.05) is 27.5 Å². The molecule has 51 heavy (non-hydrogen) atoms. The third-order valence-electron chi connectivity index (χ3n) is 7.79. The third-order valence-corrected chi connectivity index (χ3v) is 8.93. The zero-order chi connectivity index (χ0) is 37.0. The molecule has 2 aromatic carbocycles. The van der Waals surface area contributed by atoms with Gasteiger partial charge in [0.1, 0.15) is 0 Å². The number of rotatable bonds is 6. The zero-order valence-electron chi connectivity index (χ0n) is 27.4. The topological polar surface area (TPSA) is 106 Å². The van der Waals surface area contributed by atoms with E-state index in [9.17, 15) is 32.3 Å². The summed E-state index contributed by atoms with van der Waals surface area (Å²) in [5.41, 5.74) is 1.59. The predicted octanol–water partition coefficient (Wildman–Crippen LogP) is 8.45. The van der Waals surface area contributed by atoms with Gasteiger partial charge in [0.15, 0.2) is 0 Å². The van der Waals surface area contributed by atoms with E-state index in [-0.39, 0.29) is 39.6 Å². The first-order valence-corrected chi connectivity index (χ1v) is 16.2. The number of carbonyl (C=O) groups is 4. The molecular weight excluding hydrogens is 709 g/mol. The van der Waals surface area contributed by atoms with E-state index in [1.807, 2.05) is 5.38 Å². The number of alkyl halides is 3. The third kappa shape index (κ3) is 7.44. The van der Waals surface area contributed by atoms with Gasteiger partial charge in [-0.3, -0.25) is 19.4 Å². The van der Waals surface area contributed by atoms with Crippen molar-refractivity contribution in [1.29, 1.82) is 0 Å². The number of methoxy groups -OCH3 is 2. The van der Waals surface area contributed by atoms with Crippen LogP contribution in [0.1, 0.15) is 29.9 Å². The van der Waals surface area contributed by atoms with Gasteiger partial charge in [0.2, 0.25) is 0 Å². The number of carbonyl (C=O) groups excluding carboxylic acids is 4. The number of para-hydroxylation sites is 1. The number of thiophene rings is 1. The van der Waals surface area contributed by atoms with Crippen LogP contribution in [0.25, 0.3) is 12.2 Å². The van der Waals surface area contributed by atoms with Crippen LogP contribution in [-0.2, 0) is 34.8 Å². The van der Waals surface area contributed by atoms with Crippen LogP contribution < -0.4 is 9.80 Å². The van der Waals surface area contributed by atoms with Gasteiger partial charge >= 0.3 is 18.1 Å². The van der Waals surface area contributed by atoms with E-state index in [0.29, 0.717) is 22.0 Å². The molecule has 0 atom stereocenters. The molecule has 9 nitrogen and oxygen atoms in total. The van der Waals surface area contributed by atoms with Gasteiger partial charge in [-0.1, -0.05) is 35.9 Å². The maximum atomic E-state index is 13.0. The van der Waals surface area contributed by atoms with Gasteiger partial charge in [-0.25, -0.2) is 9.59 Å². The average molecular weight is 737 g/mol. The Hall–Kier alpha value is -5.66. The van der Waals surface area contributed by atoms with E-state index in [1.54, 1.807) is 55.5 Å². The number of ether oxygens (including phenoxy) is 2. The van der Waals surface area contributed by atoms with Crippen molar-refractivity contribution in [2.75, 3.05) is 24.0 Å². The van der Waals surface area contributed by atoms with Crippen LogP contribution in [-0.4, -0.2) is 38.0 Å².